The first kappa shape index (κ1) is 16.0. The van der Waals surface area contributed by atoms with E-state index in [0.29, 0.717) is 16.9 Å². The quantitative estimate of drug-likeness (QED) is 0.752. The minimum absolute atomic E-state index is 0.000605. The summed E-state index contributed by atoms with van der Waals surface area (Å²) >= 11 is 0. The van der Waals surface area contributed by atoms with Gasteiger partial charge in [-0.25, -0.2) is 0 Å². The average Bonchev–Trinajstić information content (AvgIpc) is 2.54. The minimum atomic E-state index is -0.0453. The lowest BCUT2D eigenvalue weighted by atomic mass is 9.99. The van der Waals surface area contributed by atoms with E-state index in [9.17, 15) is 9.59 Å². The summed E-state index contributed by atoms with van der Waals surface area (Å²) in [5, 5.41) is 0. The van der Waals surface area contributed by atoms with E-state index < -0.39 is 0 Å². The topological polar surface area (TPSA) is 43.4 Å². The molecular formula is C19H20O3. The second-order valence-corrected chi connectivity index (χ2v) is 5.38. The molecule has 0 fully saturated rings. The molecule has 0 aliphatic carbocycles. The molecule has 0 saturated carbocycles. The number of carbonyl (C=O) groups excluding carboxylic acids is 2. The zero-order chi connectivity index (χ0) is 16.1. The second-order valence-electron chi connectivity index (χ2n) is 5.38. The van der Waals surface area contributed by atoms with E-state index in [1.54, 1.807) is 31.4 Å². The van der Waals surface area contributed by atoms with Crippen LogP contribution in [0.2, 0.25) is 0 Å². The fourth-order valence-corrected chi connectivity index (χ4v) is 2.23. The number of rotatable bonds is 6. The van der Waals surface area contributed by atoms with E-state index >= 15 is 0 Å². The van der Waals surface area contributed by atoms with Crippen LogP contribution in [0.3, 0.4) is 0 Å². The molecule has 0 N–H and O–H groups in total. The number of Topliss-reactive ketones (excluding diaryl/α,β-unsaturated/α-hetero) is 2. The smallest absolute Gasteiger partial charge is 0.163 e. The van der Waals surface area contributed by atoms with E-state index in [2.05, 4.69) is 0 Å². The van der Waals surface area contributed by atoms with E-state index in [-0.39, 0.29) is 24.4 Å². The van der Waals surface area contributed by atoms with Crippen molar-refractivity contribution >= 4 is 11.6 Å². The monoisotopic (exact) mass is 296 g/mol. The summed E-state index contributed by atoms with van der Waals surface area (Å²) in [6.07, 6.45) is 0.428. The minimum Gasteiger partial charge on any atom is -0.497 e. The zero-order valence-electron chi connectivity index (χ0n) is 13.2. The van der Waals surface area contributed by atoms with Crippen LogP contribution >= 0.6 is 0 Å². The normalized spacial score (nSPS) is 10.3. The third-order valence-electron chi connectivity index (χ3n) is 3.80. The van der Waals surface area contributed by atoms with Crippen LogP contribution in [0, 0.1) is 13.8 Å². The summed E-state index contributed by atoms with van der Waals surface area (Å²) in [5.74, 6) is 0.599. The third kappa shape index (κ3) is 3.82. The Morgan fingerprint density at radius 1 is 0.864 bits per heavy atom. The lowest BCUT2D eigenvalue weighted by Crippen LogP contribution is -2.06. The van der Waals surface area contributed by atoms with Gasteiger partial charge in [0.2, 0.25) is 0 Å². The van der Waals surface area contributed by atoms with Gasteiger partial charge in [0.15, 0.2) is 11.6 Å². The molecule has 0 radical (unpaired) electrons. The molecule has 3 heteroatoms. The second kappa shape index (κ2) is 7.03. The number of hydrogen-bond acceptors (Lipinski definition) is 3. The number of benzene rings is 2. The molecule has 0 atom stereocenters. The first-order valence-electron chi connectivity index (χ1n) is 7.29. The summed E-state index contributed by atoms with van der Waals surface area (Å²) in [6, 6.07) is 12.6. The third-order valence-corrected chi connectivity index (χ3v) is 3.80. The average molecular weight is 296 g/mol. The highest BCUT2D eigenvalue weighted by molar-refractivity contribution is 6.02. The summed E-state index contributed by atoms with van der Waals surface area (Å²) in [7, 11) is 1.56. The van der Waals surface area contributed by atoms with Crippen LogP contribution in [0.1, 0.15) is 44.7 Å². The molecule has 0 aliphatic rings. The molecule has 0 spiro atoms. The molecule has 2 rings (SSSR count). The van der Waals surface area contributed by atoms with Gasteiger partial charge < -0.3 is 4.74 Å². The molecule has 2 aromatic carbocycles. The number of carbonyl (C=O) groups is 2. The van der Waals surface area contributed by atoms with Crippen molar-refractivity contribution in [1.29, 1.82) is 0 Å². The maximum absolute atomic E-state index is 12.2. The Kier molecular flexibility index (Phi) is 5.10. The Balaban J connectivity index is 2.00. The Hall–Kier alpha value is -2.42. The highest BCUT2D eigenvalue weighted by Crippen LogP contribution is 2.16. The van der Waals surface area contributed by atoms with Gasteiger partial charge in [-0.05, 0) is 43.2 Å². The van der Waals surface area contributed by atoms with Crippen molar-refractivity contribution in [3.05, 3.63) is 64.7 Å². The number of ether oxygens (including phenoxy) is 1. The van der Waals surface area contributed by atoms with Crippen LogP contribution in [-0.4, -0.2) is 18.7 Å². The van der Waals surface area contributed by atoms with Crippen LogP contribution in [0.25, 0.3) is 0 Å². The Morgan fingerprint density at radius 2 is 1.50 bits per heavy atom. The van der Waals surface area contributed by atoms with Gasteiger partial charge in [0, 0.05) is 24.0 Å². The Labute approximate surface area is 130 Å². The van der Waals surface area contributed by atoms with E-state index in [1.807, 2.05) is 32.0 Å². The predicted molar refractivity (Wildman–Crippen MR) is 86.8 cm³/mol. The largest absolute Gasteiger partial charge is 0.497 e. The number of methoxy groups -OCH3 is 1. The van der Waals surface area contributed by atoms with Crippen LogP contribution in [0.5, 0.6) is 5.75 Å². The number of ketones is 2. The van der Waals surface area contributed by atoms with Crippen molar-refractivity contribution in [2.24, 2.45) is 0 Å². The van der Waals surface area contributed by atoms with Gasteiger partial charge in [-0.15, -0.1) is 0 Å². The highest BCUT2D eigenvalue weighted by Gasteiger charge is 2.12. The zero-order valence-corrected chi connectivity index (χ0v) is 13.2. The van der Waals surface area contributed by atoms with E-state index in [1.165, 1.54) is 0 Å². The van der Waals surface area contributed by atoms with Gasteiger partial charge >= 0.3 is 0 Å². The SMILES string of the molecule is COc1cccc(C(=O)CCC(=O)c2ccc(C)c(C)c2)c1. The highest BCUT2D eigenvalue weighted by atomic mass is 16.5. The maximum atomic E-state index is 12.2. The standard InChI is InChI=1S/C19H20O3/c1-13-7-8-16(11-14(13)2)19(21)10-9-18(20)15-5-4-6-17(12-15)22-3/h4-8,11-12H,9-10H2,1-3H3. The molecule has 0 aromatic heterocycles. The molecule has 3 nitrogen and oxygen atoms in total. The van der Waals surface area contributed by atoms with E-state index in [4.69, 9.17) is 4.74 Å². The fraction of sp³-hybridized carbons (Fsp3) is 0.263. The molecule has 0 heterocycles. The molecule has 0 bridgehead atoms. The summed E-state index contributed by atoms with van der Waals surface area (Å²) in [4.78, 5) is 24.4. The first-order chi connectivity index (χ1) is 10.5. The summed E-state index contributed by atoms with van der Waals surface area (Å²) < 4.78 is 5.11. The molecule has 2 aromatic rings. The number of aryl methyl sites for hydroxylation is 2. The summed E-state index contributed by atoms with van der Waals surface area (Å²) in [5.41, 5.74) is 3.49. The van der Waals surface area contributed by atoms with Crippen molar-refractivity contribution in [1.82, 2.24) is 0 Å². The van der Waals surface area contributed by atoms with Gasteiger partial charge in [-0.2, -0.15) is 0 Å². The van der Waals surface area contributed by atoms with Crippen molar-refractivity contribution in [3.63, 3.8) is 0 Å². The van der Waals surface area contributed by atoms with Crippen molar-refractivity contribution in [2.75, 3.05) is 7.11 Å². The van der Waals surface area contributed by atoms with Crippen molar-refractivity contribution in [3.8, 4) is 5.75 Å². The van der Waals surface area contributed by atoms with E-state index in [0.717, 1.165) is 11.1 Å². The van der Waals surface area contributed by atoms with Crippen LogP contribution < -0.4 is 4.74 Å². The maximum Gasteiger partial charge on any atom is 0.163 e. The van der Waals surface area contributed by atoms with Crippen LogP contribution in [0.15, 0.2) is 42.5 Å². The first-order valence-corrected chi connectivity index (χ1v) is 7.29. The molecular weight excluding hydrogens is 276 g/mol. The molecule has 22 heavy (non-hydrogen) atoms. The van der Waals surface area contributed by atoms with Gasteiger partial charge in [0.1, 0.15) is 5.75 Å². The van der Waals surface area contributed by atoms with Crippen molar-refractivity contribution < 1.29 is 14.3 Å². The Bertz CT molecular complexity index is 702. The predicted octanol–water partition coefficient (Wildman–Crippen LogP) is 4.16. The Morgan fingerprint density at radius 3 is 2.09 bits per heavy atom. The van der Waals surface area contributed by atoms with Crippen molar-refractivity contribution in [2.45, 2.75) is 26.7 Å². The summed E-state index contributed by atoms with van der Waals surface area (Å²) in [6.45, 7) is 3.99. The van der Waals surface area contributed by atoms with Gasteiger partial charge in [-0.3, -0.25) is 9.59 Å². The molecule has 0 unspecified atom stereocenters. The molecule has 0 aliphatic heterocycles. The molecule has 114 valence electrons. The van der Waals surface area contributed by atoms with Gasteiger partial charge in [0.05, 0.1) is 7.11 Å². The number of hydrogen-bond donors (Lipinski definition) is 0. The lowest BCUT2D eigenvalue weighted by molar-refractivity contribution is 0.0917. The lowest BCUT2D eigenvalue weighted by Gasteiger charge is -2.06. The van der Waals surface area contributed by atoms with Gasteiger partial charge in [-0.1, -0.05) is 24.3 Å². The van der Waals surface area contributed by atoms with Gasteiger partial charge in [0.25, 0.3) is 0 Å². The van der Waals surface area contributed by atoms with Crippen LogP contribution in [-0.2, 0) is 0 Å². The van der Waals surface area contributed by atoms with Crippen LogP contribution in [0.4, 0.5) is 0 Å². The molecule has 0 amide bonds. The fourth-order valence-electron chi connectivity index (χ4n) is 2.23. The molecule has 0 saturated heterocycles.